The summed E-state index contributed by atoms with van der Waals surface area (Å²) in [6.45, 7) is 4.01. The van der Waals surface area contributed by atoms with Gasteiger partial charge in [0.25, 0.3) is 0 Å². The Hall–Kier alpha value is -1.41. The average Bonchev–Trinajstić information content (AvgIpc) is 2.45. The predicted octanol–water partition coefficient (Wildman–Crippen LogP) is 4.43. The number of hydrogen-bond acceptors (Lipinski definition) is 3. The summed E-state index contributed by atoms with van der Waals surface area (Å²) in [5.41, 5.74) is 0. The van der Waals surface area contributed by atoms with Crippen LogP contribution >= 0.6 is 0 Å². The van der Waals surface area contributed by atoms with Crippen molar-refractivity contribution in [3.63, 3.8) is 0 Å². The van der Waals surface area contributed by atoms with Crippen molar-refractivity contribution in [1.29, 1.82) is 0 Å². The summed E-state index contributed by atoms with van der Waals surface area (Å²) in [5.74, 6) is -5.40. The number of carbonyl (C=O) groups excluding carboxylic acids is 3. The maximum absolute atomic E-state index is 11.4. The lowest BCUT2D eigenvalue weighted by molar-refractivity contribution is -0.193. The van der Waals surface area contributed by atoms with Crippen molar-refractivity contribution >= 4 is 17.3 Å². The van der Waals surface area contributed by atoms with Gasteiger partial charge in [0.1, 0.15) is 5.78 Å². The van der Waals surface area contributed by atoms with Crippen LogP contribution in [0.2, 0.25) is 0 Å². The summed E-state index contributed by atoms with van der Waals surface area (Å²) < 4.78 is 67.0. The van der Waals surface area contributed by atoms with E-state index in [1.807, 2.05) is 13.8 Å². The third kappa shape index (κ3) is 8.44. The molecule has 0 bridgehead atoms. The van der Waals surface area contributed by atoms with E-state index in [0.29, 0.717) is 11.7 Å². The van der Waals surface area contributed by atoms with Gasteiger partial charge in [-0.15, -0.1) is 0 Å². The number of halogens is 6. The number of ketones is 3. The molecule has 0 aromatic rings. The standard InChI is InChI=1S/C11H20O.C4F6O2/c1-9(2)11(12)8-10-6-4-3-5-7-10;5-3(6,7)1(11)2(12)4(8,9)10/h9-10H,3-8H2,1-2H3;. The van der Waals surface area contributed by atoms with Gasteiger partial charge in [-0.05, 0) is 5.92 Å². The van der Waals surface area contributed by atoms with Crippen LogP contribution in [0.3, 0.4) is 0 Å². The van der Waals surface area contributed by atoms with Gasteiger partial charge in [-0.1, -0.05) is 46.0 Å². The molecule has 140 valence electrons. The quantitative estimate of drug-likeness (QED) is 0.549. The first kappa shape index (κ1) is 22.6. The molecular weight excluding hydrogens is 342 g/mol. The molecule has 9 heteroatoms. The molecule has 1 aliphatic carbocycles. The Bertz CT molecular complexity index is 421. The van der Waals surface area contributed by atoms with Gasteiger partial charge < -0.3 is 0 Å². The van der Waals surface area contributed by atoms with Crippen LogP contribution in [-0.4, -0.2) is 29.7 Å². The average molecular weight is 362 g/mol. The Balaban J connectivity index is 0.000000441. The van der Waals surface area contributed by atoms with Gasteiger partial charge in [0, 0.05) is 12.3 Å². The molecule has 0 radical (unpaired) electrons. The first-order valence-electron chi connectivity index (χ1n) is 7.52. The monoisotopic (exact) mass is 362 g/mol. The highest BCUT2D eigenvalue weighted by Gasteiger charge is 2.54. The number of hydrogen-bond donors (Lipinski definition) is 0. The molecule has 0 atom stereocenters. The normalized spacial score (nSPS) is 16.4. The number of rotatable bonds is 4. The smallest absolute Gasteiger partial charge is 0.299 e. The highest BCUT2D eigenvalue weighted by molar-refractivity contribution is 6.41. The SMILES string of the molecule is CC(C)C(=O)CC1CCCCC1.O=C(C(=O)C(F)(F)F)C(F)(F)F. The zero-order chi connectivity index (χ0) is 19.1. The van der Waals surface area contributed by atoms with Crippen molar-refractivity contribution in [2.45, 2.75) is 64.7 Å². The van der Waals surface area contributed by atoms with E-state index in [4.69, 9.17) is 0 Å². The van der Waals surface area contributed by atoms with Gasteiger partial charge >= 0.3 is 23.9 Å². The maximum Gasteiger partial charge on any atom is 0.458 e. The maximum atomic E-state index is 11.4. The van der Waals surface area contributed by atoms with Gasteiger partial charge in [0.15, 0.2) is 0 Å². The lowest BCUT2D eigenvalue weighted by Gasteiger charge is -2.21. The Morgan fingerprint density at radius 1 is 0.833 bits per heavy atom. The number of carbonyl (C=O) groups is 3. The van der Waals surface area contributed by atoms with E-state index < -0.39 is 23.9 Å². The molecule has 1 saturated carbocycles. The molecular formula is C15H20F6O3. The lowest BCUT2D eigenvalue weighted by Crippen LogP contribution is -2.39. The van der Waals surface area contributed by atoms with E-state index in [2.05, 4.69) is 0 Å². The minimum absolute atomic E-state index is 0.243. The molecule has 0 aliphatic heterocycles. The van der Waals surface area contributed by atoms with Crippen LogP contribution in [0.1, 0.15) is 52.4 Å². The molecule has 0 amide bonds. The first-order valence-corrected chi connectivity index (χ1v) is 7.52. The molecule has 0 aromatic carbocycles. The van der Waals surface area contributed by atoms with E-state index in [0.717, 1.165) is 6.42 Å². The Kier molecular flexibility index (Phi) is 8.63. The van der Waals surface area contributed by atoms with E-state index in [1.165, 1.54) is 32.1 Å². The summed E-state index contributed by atoms with van der Waals surface area (Å²) in [4.78, 5) is 30.6. The topological polar surface area (TPSA) is 51.2 Å². The van der Waals surface area contributed by atoms with Crippen molar-refractivity contribution in [2.24, 2.45) is 11.8 Å². The molecule has 24 heavy (non-hydrogen) atoms. The summed E-state index contributed by atoms with van der Waals surface area (Å²) >= 11 is 0. The summed E-state index contributed by atoms with van der Waals surface area (Å²) in [6, 6.07) is 0. The van der Waals surface area contributed by atoms with Gasteiger partial charge in [-0.25, -0.2) is 0 Å². The van der Waals surface area contributed by atoms with Crippen molar-refractivity contribution in [1.82, 2.24) is 0 Å². The minimum Gasteiger partial charge on any atom is -0.299 e. The molecule has 1 fully saturated rings. The highest BCUT2D eigenvalue weighted by atomic mass is 19.4. The van der Waals surface area contributed by atoms with Crippen LogP contribution in [0.25, 0.3) is 0 Å². The predicted molar refractivity (Wildman–Crippen MR) is 73.2 cm³/mol. The molecule has 0 saturated heterocycles. The van der Waals surface area contributed by atoms with Crippen LogP contribution in [0, 0.1) is 11.8 Å². The van der Waals surface area contributed by atoms with Crippen LogP contribution in [0.4, 0.5) is 26.3 Å². The fourth-order valence-electron chi connectivity index (χ4n) is 2.17. The lowest BCUT2D eigenvalue weighted by atomic mass is 9.84. The Morgan fingerprint density at radius 2 is 1.21 bits per heavy atom. The zero-order valence-electron chi connectivity index (χ0n) is 13.4. The van der Waals surface area contributed by atoms with E-state index in [1.54, 1.807) is 0 Å². The van der Waals surface area contributed by atoms with Crippen LogP contribution < -0.4 is 0 Å². The Labute approximate surface area is 135 Å². The van der Waals surface area contributed by atoms with E-state index >= 15 is 0 Å². The third-order valence-corrected chi connectivity index (χ3v) is 3.58. The minimum atomic E-state index is -5.77. The molecule has 0 spiro atoms. The fraction of sp³-hybridized carbons (Fsp3) is 0.800. The second-order valence-electron chi connectivity index (χ2n) is 5.98. The van der Waals surface area contributed by atoms with Gasteiger partial charge in [0.2, 0.25) is 0 Å². The van der Waals surface area contributed by atoms with Gasteiger partial charge in [0.05, 0.1) is 0 Å². The second-order valence-corrected chi connectivity index (χ2v) is 5.98. The van der Waals surface area contributed by atoms with E-state index in [-0.39, 0.29) is 5.92 Å². The third-order valence-electron chi connectivity index (χ3n) is 3.58. The molecule has 1 rings (SSSR count). The molecule has 0 unspecified atom stereocenters. The summed E-state index contributed by atoms with van der Waals surface area (Å²) in [5, 5.41) is 0. The molecule has 0 heterocycles. The Morgan fingerprint density at radius 3 is 1.50 bits per heavy atom. The molecule has 1 aliphatic rings. The number of Topliss-reactive ketones (excluding diaryl/α,β-unsaturated/α-hetero) is 3. The van der Waals surface area contributed by atoms with Crippen LogP contribution in [0.15, 0.2) is 0 Å². The van der Waals surface area contributed by atoms with Crippen LogP contribution in [-0.2, 0) is 14.4 Å². The van der Waals surface area contributed by atoms with Crippen molar-refractivity contribution in [2.75, 3.05) is 0 Å². The molecule has 0 aromatic heterocycles. The van der Waals surface area contributed by atoms with Gasteiger partial charge in [-0.2, -0.15) is 26.3 Å². The summed E-state index contributed by atoms with van der Waals surface area (Å²) in [6.07, 6.45) is -4.05. The highest BCUT2D eigenvalue weighted by Crippen LogP contribution is 2.27. The molecule has 0 N–H and O–H groups in total. The van der Waals surface area contributed by atoms with Crippen molar-refractivity contribution in [3.8, 4) is 0 Å². The first-order chi connectivity index (χ1) is 10.8. The van der Waals surface area contributed by atoms with E-state index in [9.17, 15) is 40.7 Å². The molecule has 3 nitrogen and oxygen atoms in total. The number of alkyl halides is 6. The zero-order valence-corrected chi connectivity index (χ0v) is 13.4. The largest absolute Gasteiger partial charge is 0.458 e. The fourth-order valence-corrected chi connectivity index (χ4v) is 2.17. The van der Waals surface area contributed by atoms with Gasteiger partial charge in [-0.3, -0.25) is 14.4 Å². The second kappa shape index (κ2) is 9.17. The van der Waals surface area contributed by atoms with Crippen molar-refractivity contribution in [3.05, 3.63) is 0 Å². The van der Waals surface area contributed by atoms with Crippen LogP contribution in [0.5, 0.6) is 0 Å². The summed E-state index contributed by atoms with van der Waals surface area (Å²) in [7, 11) is 0. The van der Waals surface area contributed by atoms with Crippen molar-refractivity contribution < 1.29 is 40.7 Å².